The smallest absolute Gasteiger partial charge is 0.255 e. The normalized spacial score (nSPS) is 11.2. The lowest BCUT2D eigenvalue weighted by Gasteiger charge is -2.08. The molecule has 0 spiro atoms. The molecule has 0 aliphatic carbocycles. The maximum Gasteiger partial charge on any atom is 0.255 e. The number of benzene rings is 2. The molecule has 0 bridgehead atoms. The second-order valence-electron chi connectivity index (χ2n) is 4.38. The van der Waals surface area contributed by atoms with Crippen LogP contribution in [0.25, 0.3) is 0 Å². The summed E-state index contributed by atoms with van der Waals surface area (Å²) >= 11 is 5.61. The third-order valence-electron chi connectivity index (χ3n) is 2.76. The third kappa shape index (κ3) is 3.53. The minimum Gasteiger partial charge on any atom is -0.398 e. The van der Waals surface area contributed by atoms with Gasteiger partial charge in [0.2, 0.25) is 10.0 Å². The molecule has 0 aliphatic rings. The van der Waals surface area contributed by atoms with Crippen LogP contribution in [0.4, 0.5) is 15.8 Å². The molecule has 0 unspecified atom stereocenters. The van der Waals surface area contributed by atoms with E-state index in [1.165, 1.54) is 24.3 Å². The molecule has 6 nitrogen and oxygen atoms in total. The fourth-order valence-electron chi connectivity index (χ4n) is 1.70. The van der Waals surface area contributed by atoms with E-state index in [-0.39, 0.29) is 26.9 Å². The Labute approximate surface area is 130 Å². The van der Waals surface area contributed by atoms with Gasteiger partial charge in [-0.1, -0.05) is 11.6 Å². The molecule has 0 heterocycles. The molecule has 2 aromatic rings. The lowest BCUT2D eigenvalue weighted by Crippen LogP contribution is -2.17. The van der Waals surface area contributed by atoms with Crippen LogP contribution in [0.5, 0.6) is 0 Å². The van der Waals surface area contributed by atoms with Crippen molar-refractivity contribution in [1.29, 1.82) is 0 Å². The maximum absolute atomic E-state index is 13.0. The van der Waals surface area contributed by atoms with Crippen molar-refractivity contribution in [3.8, 4) is 0 Å². The van der Waals surface area contributed by atoms with Gasteiger partial charge in [0.25, 0.3) is 5.91 Å². The average Bonchev–Trinajstić information content (AvgIpc) is 2.42. The number of carbonyl (C=O) groups is 1. The van der Waals surface area contributed by atoms with Crippen LogP contribution >= 0.6 is 11.6 Å². The number of hydrogen-bond acceptors (Lipinski definition) is 4. The SMILES string of the molecule is Nc1ccc(C(=O)Nc2ccc(F)c(Cl)c2)cc1S(N)(=O)=O. The van der Waals surface area contributed by atoms with Crippen LogP contribution in [0.1, 0.15) is 10.4 Å². The highest BCUT2D eigenvalue weighted by Gasteiger charge is 2.16. The summed E-state index contributed by atoms with van der Waals surface area (Å²) in [5, 5.41) is 7.32. The van der Waals surface area contributed by atoms with Gasteiger partial charge in [-0.2, -0.15) is 0 Å². The van der Waals surface area contributed by atoms with Crippen LogP contribution in [0.15, 0.2) is 41.3 Å². The Morgan fingerprint density at radius 3 is 2.45 bits per heavy atom. The van der Waals surface area contributed by atoms with Gasteiger partial charge in [-0.15, -0.1) is 0 Å². The summed E-state index contributed by atoms with van der Waals surface area (Å²) in [7, 11) is -4.05. The number of halogens is 2. The highest BCUT2D eigenvalue weighted by atomic mass is 35.5. The van der Waals surface area contributed by atoms with Gasteiger partial charge < -0.3 is 11.1 Å². The van der Waals surface area contributed by atoms with Crippen molar-refractivity contribution < 1.29 is 17.6 Å². The largest absolute Gasteiger partial charge is 0.398 e. The molecular weight excluding hydrogens is 333 g/mol. The molecule has 0 saturated carbocycles. The zero-order chi connectivity index (χ0) is 16.5. The number of primary sulfonamides is 1. The van der Waals surface area contributed by atoms with E-state index >= 15 is 0 Å². The number of carbonyl (C=O) groups excluding carboxylic acids is 1. The first-order chi connectivity index (χ1) is 10.2. The topological polar surface area (TPSA) is 115 Å². The monoisotopic (exact) mass is 343 g/mol. The average molecular weight is 344 g/mol. The predicted molar refractivity (Wildman–Crippen MR) is 81.6 cm³/mol. The van der Waals surface area contributed by atoms with Gasteiger partial charge in [0, 0.05) is 11.3 Å². The van der Waals surface area contributed by atoms with Crippen molar-refractivity contribution >= 4 is 38.9 Å². The lowest BCUT2D eigenvalue weighted by molar-refractivity contribution is 0.102. The first kappa shape index (κ1) is 16.2. The van der Waals surface area contributed by atoms with E-state index in [9.17, 15) is 17.6 Å². The number of anilines is 2. The molecule has 2 aromatic carbocycles. The summed E-state index contributed by atoms with van der Waals surface area (Å²) in [5.74, 6) is -1.24. The van der Waals surface area contributed by atoms with Crippen LogP contribution in [-0.4, -0.2) is 14.3 Å². The molecule has 2 rings (SSSR count). The molecular formula is C13H11ClFN3O3S. The van der Waals surface area contributed by atoms with E-state index in [2.05, 4.69) is 5.32 Å². The van der Waals surface area contributed by atoms with Crippen LogP contribution in [-0.2, 0) is 10.0 Å². The molecule has 0 atom stereocenters. The van der Waals surface area contributed by atoms with Gasteiger partial charge in [-0.05, 0) is 36.4 Å². The van der Waals surface area contributed by atoms with E-state index in [4.69, 9.17) is 22.5 Å². The van der Waals surface area contributed by atoms with E-state index in [0.717, 1.165) is 12.1 Å². The zero-order valence-electron chi connectivity index (χ0n) is 11.0. The molecule has 0 fully saturated rings. The van der Waals surface area contributed by atoms with Gasteiger partial charge >= 0.3 is 0 Å². The maximum atomic E-state index is 13.0. The van der Waals surface area contributed by atoms with Crippen molar-refractivity contribution in [3.63, 3.8) is 0 Å². The standard InChI is InChI=1S/C13H11ClFN3O3S/c14-9-6-8(2-3-10(9)15)18-13(19)7-1-4-11(16)12(5-7)22(17,20)21/h1-6H,16H2,(H,18,19)(H2,17,20,21). The number of nitrogens with two attached hydrogens (primary N) is 2. The summed E-state index contributed by atoms with van der Waals surface area (Å²) in [4.78, 5) is 11.7. The Balaban J connectivity index is 2.32. The van der Waals surface area contributed by atoms with Gasteiger partial charge in [-0.25, -0.2) is 17.9 Å². The van der Waals surface area contributed by atoms with Crippen LogP contribution < -0.4 is 16.2 Å². The third-order valence-corrected chi connectivity index (χ3v) is 4.02. The Morgan fingerprint density at radius 1 is 1.18 bits per heavy atom. The highest BCUT2D eigenvalue weighted by Crippen LogP contribution is 2.22. The number of rotatable bonds is 3. The Bertz CT molecular complexity index is 856. The Kier molecular flexibility index (Phi) is 4.36. The molecule has 5 N–H and O–H groups in total. The number of nitrogen functional groups attached to an aromatic ring is 1. The summed E-state index contributed by atoms with van der Waals surface area (Å²) in [6.07, 6.45) is 0. The molecule has 116 valence electrons. The van der Waals surface area contributed by atoms with E-state index < -0.39 is 21.7 Å². The van der Waals surface area contributed by atoms with Crippen LogP contribution in [0.3, 0.4) is 0 Å². The van der Waals surface area contributed by atoms with Crippen LogP contribution in [0.2, 0.25) is 5.02 Å². The fraction of sp³-hybridized carbons (Fsp3) is 0. The van der Waals surface area contributed by atoms with Gasteiger partial charge in [-0.3, -0.25) is 4.79 Å². The first-order valence-electron chi connectivity index (χ1n) is 5.87. The van der Waals surface area contributed by atoms with E-state index in [1.54, 1.807) is 0 Å². The van der Waals surface area contributed by atoms with E-state index in [0.29, 0.717) is 0 Å². The van der Waals surface area contributed by atoms with Gasteiger partial charge in [0.05, 0.1) is 10.7 Å². The summed E-state index contributed by atoms with van der Waals surface area (Å²) in [6.45, 7) is 0. The van der Waals surface area contributed by atoms with Crippen molar-refractivity contribution in [2.45, 2.75) is 4.90 Å². The minimum absolute atomic E-state index is 0.0265. The number of hydrogen-bond donors (Lipinski definition) is 3. The zero-order valence-corrected chi connectivity index (χ0v) is 12.6. The molecule has 0 radical (unpaired) electrons. The number of amides is 1. The minimum atomic E-state index is -4.05. The molecule has 0 aromatic heterocycles. The number of nitrogens with one attached hydrogen (secondary N) is 1. The van der Waals surface area contributed by atoms with Gasteiger partial charge in [0.15, 0.2) is 0 Å². The van der Waals surface area contributed by atoms with Crippen molar-refractivity contribution in [3.05, 3.63) is 52.8 Å². The van der Waals surface area contributed by atoms with Crippen molar-refractivity contribution in [2.75, 3.05) is 11.1 Å². The lowest BCUT2D eigenvalue weighted by atomic mass is 10.2. The van der Waals surface area contributed by atoms with Crippen molar-refractivity contribution in [2.24, 2.45) is 5.14 Å². The van der Waals surface area contributed by atoms with Crippen LogP contribution in [0, 0.1) is 5.82 Å². The Morgan fingerprint density at radius 2 is 1.86 bits per heavy atom. The van der Waals surface area contributed by atoms with E-state index in [1.807, 2.05) is 0 Å². The first-order valence-corrected chi connectivity index (χ1v) is 7.79. The van der Waals surface area contributed by atoms with Gasteiger partial charge in [0.1, 0.15) is 10.7 Å². The fourth-order valence-corrected chi connectivity index (χ4v) is 2.57. The molecule has 22 heavy (non-hydrogen) atoms. The quantitative estimate of drug-likeness (QED) is 0.739. The highest BCUT2D eigenvalue weighted by molar-refractivity contribution is 7.89. The molecule has 0 aliphatic heterocycles. The summed E-state index contributed by atoms with van der Waals surface area (Å²) < 4.78 is 35.8. The molecule has 1 amide bonds. The summed E-state index contributed by atoms with van der Waals surface area (Å²) in [6, 6.07) is 7.29. The summed E-state index contributed by atoms with van der Waals surface area (Å²) in [5.41, 5.74) is 5.73. The predicted octanol–water partition coefficient (Wildman–Crippen LogP) is 1.96. The number of sulfonamides is 1. The molecule has 0 saturated heterocycles. The second kappa shape index (κ2) is 5.91. The second-order valence-corrected chi connectivity index (χ2v) is 6.32. The molecule has 9 heteroatoms. The Hall–Kier alpha value is -2.16. The van der Waals surface area contributed by atoms with Crippen molar-refractivity contribution in [1.82, 2.24) is 0 Å².